The molecule has 0 bridgehead atoms. The fourth-order valence-corrected chi connectivity index (χ4v) is 2.44. The van der Waals surface area contributed by atoms with Gasteiger partial charge in [-0.1, -0.05) is 40.2 Å². The molecule has 0 aliphatic heterocycles. The van der Waals surface area contributed by atoms with Crippen molar-refractivity contribution in [3.63, 3.8) is 0 Å². The summed E-state index contributed by atoms with van der Waals surface area (Å²) in [7, 11) is 0. The highest BCUT2D eigenvalue weighted by atomic mass is 79.9. The number of hydrogen-bond acceptors (Lipinski definition) is 2. The quantitative estimate of drug-likeness (QED) is 0.822. The Hall–Kier alpha value is -1.32. The molecular weight excluding hydrogens is 302 g/mol. The van der Waals surface area contributed by atoms with Crippen molar-refractivity contribution in [2.24, 2.45) is 0 Å². The van der Waals surface area contributed by atoms with E-state index in [1.165, 1.54) is 11.1 Å². The fourth-order valence-electron chi connectivity index (χ4n) is 2.03. The lowest BCUT2D eigenvalue weighted by atomic mass is 10.1. The molecule has 0 fully saturated rings. The molecule has 2 N–H and O–H groups in total. The van der Waals surface area contributed by atoms with Gasteiger partial charge in [-0.3, -0.25) is 0 Å². The fraction of sp³-hybridized carbons (Fsp3) is 0.250. The lowest BCUT2D eigenvalue weighted by molar-refractivity contribution is 0.464. The molecule has 0 saturated carbocycles. The molecule has 0 spiro atoms. The lowest BCUT2D eigenvalue weighted by Crippen LogP contribution is -2.17. The summed E-state index contributed by atoms with van der Waals surface area (Å²) < 4.78 is 0.987. The van der Waals surface area contributed by atoms with Gasteiger partial charge in [0.2, 0.25) is 0 Å². The molecule has 2 rings (SSSR count). The summed E-state index contributed by atoms with van der Waals surface area (Å²) in [4.78, 5) is 0. The Bertz CT molecular complexity index is 554. The number of phenols is 1. The van der Waals surface area contributed by atoms with Gasteiger partial charge in [0.15, 0.2) is 0 Å². The molecular formula is C16H18BrNO. The molecule has 0 atom stereocenters. The molecule has 0 radical (unpaired) electrons. The van der Waals surface area contributed by atoms with E-state index in [-0.39, 0.29) is 0 Å². The average molecular weight is 320 g/mol. The smallest absolute Gasteiger partial charge is 0.120 e. The van der Waals surface area contributed by atoms with Crippen LogP contribution >= 0.6 is 15.9 Å². The molecule has 2 aromatic rings. The summed E-state index contributed by atoms with van der Waals surface area (Å²) in [5, 5.41) is 13.1. The second kappa shape index (κ2) is 6.73. The highest BCUT2D eigenvalue weighted by Gasteiger charge is 2.02. The van der Waals surface area contributed by atoms with Crippen molar-refractivity contribution in [1.82, 2.24) is 5.32 Å². The SMILES string of the molecule is Cc1ccccc1CCNCc1cc(Br)ccc1O. The van der Waals surface area contributed by atoms with Gasteiger partial charge in [0.25, 0.3) is 0 Å². The Labute approximate surface area is 122 Å². The van der Waals surface area contributed by atoms with Gasteiger partial charge >= 0.3 is 0 Å². The van der Waals surface area contributed by atoms with Crippen molar-refractivity contribution in [3.8, 4) is 5.75 Å². The summed E-state index contributed by atoms with van der Waals surface area (Å²) in [5.74, 6) is 0.339. The molecule has 2 nitrogen and oxygen atoms in total. The van der Waals surface area contributed by atoms with Crippen LogP contribution in [0.3, 0.4) is 0 Å². The molecule has 100 valence electrons. The van der Waals surface area contributed by atoms with Crippen LogP contribution in [0.25, 0.3) is 0 Å². The second-order valence-corrected chi connectivity index (χ2v) is 5.54. The number of hydrogen-bond donors (Lipinski definition) is 2. The number of phenolic OH excluding ortho intramolecular Hbond substituents is 1. The van der Waals surface area contributed by atoms with E-state index >= 15 is 0 Å². The molecule has 3 heteroatoms. The number of benzene rings is 2. The zero-order chi connectivity index (χ0) is 13.7. The summed E-state index contributed by atoms with van der Waals surface area (Å²) in [6, 6.07) is 13.9. The van der Waals surface area contributed by atoms with E-state index in [0.717, 1.165) is 23.0 Å². The summed E-state index contributed by atoms with van der Waals surface area (Å²) >= 11 is 3.41. The van der Waals surface area contributed by atoms with Gasteiger partial charge in [-0.2, -0.15) is 0 Å². The van der Waals surface area contributed by atoms with Gasteiger partial charge in [-0.25, -0.2) is 0 Å². The van der Waals surface area contributed by atoms with Crippen molar-refractivity contribution in [1.29, 1.82) is 0 Å². The third-order valence-corrected chi connectivity index (χ3v) is 3.68. The maximum atomic E-state index is 9.73. The Balaban J connectivity index is 1.84. The highest BCUT2D eigenvalue weighted by molar-refractivity contribution is 9.10. The van der Waals surface area contributed by atoms with Gasteiger partial charge in [0.05, 0.1) is 0 Å². The molecule has 0 aromatic heterocycles. The maximum absolute atomic E-state index is 9.73. The predicted molar refractivity (Wildman–Crippen MR) is 82.4 cm³/mol. The summed E-state index contributed by atoms with van der Waals surface area (Å²) in [5.41, 5.74) is 3.61. The van der Waals surface area contributed by atoms with Crippen LogP contribution in [0.15, 0.2) is 46.9 Å². The van der Waals surface area contributed by atoms with E-state index in [4.69, 9.17) is 0 Å². The van der Waals surface area contributed by atoms with Gasteiger partial charge in [0.1, 0.15) is 5.75 Å². The molecule has 0 aliphatic rings. The number of aryl methyl sites for hydroxylation is 1. The van der Waals surface area contributed by atoms with Crippen molar-refractivity contribution in [2.45, 2.75) is 19.9 Å². The average Bonchev–Trinajstić information content (AvgIpc) is 2.40. The van der Waals surface area contributed by atoms with Crippen LogP contribution < -0.4 is 5.32 Å². The largest absolute Gasteiger partial charge is 0.508 e. The third-order valence-electron chi connectivity index (χ3n) is 3.19. The zero-order valence-corrected chi connectivity index (χ0v) is 12.6. The minimum absolute atomic E-state index is 0.339. The van der Waals surface area contributed by atoms with Gasteiger partial charge < -0.3 is 10.4 Å². The molecule has 0 amide bonds. The van der Waals surface area contributed by atoms with Crippen LogP contribution in [-0.2, 0) is 13.0 Å². The Morgan fingerprint density at radius 1 is 1.11 bits per heavy atom. The van der Waals surface area contributed by atoms with Crippen LogP contribution in [0.4, 0.5) is 0 Å². The van der Waals surface area contributed by atoms with Crippen LogP contribution in [0, 0.1) is 6.92 Å². The Morgan fingerprint density at radius 2 is 1.89 bits per heavy atom. The Morgan fingerprint density at radius 3 is 2.68 bits per heavy atom. The van der Waals surface area contributed by atoms with Gasteiger partial charge in [-0.05, 0) is 49.2 Å². The van der Waals surface area contributed by atoms with Crippen LogP contribution in [0.1, 0.15) is 16.7 Å². The third kappa shape index (κ3) is 4.08. The monoisotopic (exact) mass is 319 g/mol. The zero-order valence-electron chi connectivity index (χ0n) is 11.0. The first kappa shape index (κ1) is 14.1. The van der Waals surface area contributed by atoms with Crippen molar-refractivity contribution in [3.05, 3.63) is 63.6 Å². The van der Waals surface area contributed by atoms with E-state index in [9.17, 15) is 5.11 Å². The molecule has 2 aromatic carbocycles. The predicted octanol–water partition coefficient (Wildman–Crippen LogP) is 3.80. The first-order chi connectivity index (χ1) is 9.16. The van der Waals surface area contributed by atoms with Gasteiger partial charge in [-0.15, -0.1) is 0 Å². The number of aromatic hydroxyl groups is 1. The van der Waals surface area contributed by atoms with Crippen LogP contribution in [0.2, 0.25) is 0 Å². The van der Waals surface area contributed by atoms with E-state index in [2.05, 4.69) is 52.4 Å². The lowest BCUT2D eigenvalue weighted by Gasteiger charge is -2.09. The number of halogens is 1. The summed E-state index contributed by atoms with van der Waals surface area (Å²) in [6.45, 7) is 3.71. The first-order valence-corrected chi connectivity index (χ1v) is 7.19. The second-order valence-electron chi connectivity index (χ2n) is 4.63. The van der Waals surface area contributed by atoms with E-state index in [1.807, 2.05) is 12.1 Å². The minimum atomic E-state index is 0.339. The Kier molecular flexibility index (Phi) is 5.00. The van der Waals surface area contributed by atoms with E-state index < -0.39 is 0 Å². The molecule has 19 heavy (non-hydrogen) atoms. The highest BCUT2D eigenvalue weighted by Crippen LogP contribution is 2.21. The van der Waals surface area contributed by atoms with E-state index in [0.29, 0.717) is 12.3 Å². The standard InChI is InChI=1S/C16H18BrNO/c1-12-4-2-3-5-13(12)8-9-18-11-14-10-15(17)6-7-16(14)19/h2-7,10,18-19H,8-9,11H2,1H3. The first-order valence-electron chi connectivity index (χ1n) is 6.39. The normalized spacial score (nSPS) is 10.6. The topological polar surface area (TPSA) is 32.3 Å². The van der Waals surface area contributed by atoms with Crippen molar-refractivity contribution >= 4 is 15.9 Å². The minimum Gasteiger partial charge on any atom is -0.508 e. The molecule has 0 unspecified atom stereocenters. The van der Waals surface area contributed by atoms with Crippen molar-refractivity contribution in [2.75, 3.05) is 6.54 Å². The van der Waals surface area contributed by atoms with Gasteiger partial charge in [0, 0.05) is 16.6 Å². The maximum Gasteiger partial charge on any atom is 0.120 e. The summed E-state index contributed by atoms with van der Waals surface area (Å²) in [6.07, 6.45) is 1.00. The molecule has 0 saturated heterocycles. The number of nitrogens with one attached hydrogen (secondary N) is 1. The van der Waals surface area contributed by atoms with Crippen molar-refractivity contribution < 1.29 is 5.11 Å². The van der Waals surface area contributed by atoms with Crippen LogP contribution in [0.5, 0.6) is 5.75 Å². The molecule has 0 heterocycles. The van der Waals surface area contributed by atoms with Crippen LogP contribution in [-0.4, -0.2) is 11.7 Å². The molecule has 0 aliphatic carbocycles. The van der Waals surface area contributed by atoms with E-state index in [1.54, 1.807) is 6.07 Å². The number of rotatable bonds is 5.